The Hall–Kier alpha value is -2.45. The minimum Gasteiger partial charge on any atom is -0.378 e. The minimum atomic E-state index is -0.213. The van der Waals surface area contributed by atoms with Crippen molar-refractivity contribution in [1.29, 1.82) is 0 Å². The lowest BCUT2D eigenvalue weighted by molar-refractivity contribution is -0.0877. The predicted molar refractivity (Wildman–Crippen MR) is 90.7 cm³/mol. The van der Waals surface area contributed by atoms with E-state index in [4.69, 9.17) is 9.47 Å². The summed E-state index contributed by atoms with van der Waals surface area (Å²) < 4.78 is 13.0. The zero-order chi connectivity index (χ0) is 17.1. The van der Waals surface area contributed by atoms with Crippen molar-refractivity contribution in [3.05, 3.63) is 36.7 Å². The maximum Gasteiger partial charge on any atom is 0.319 e. The summed E-state index contributed by atoms with van der Waals surface area (Å²) in [6.45, 7) is 2.01. The summed E-state index contributed by atoms with van der Waals surface area (Å²) in [5.41, 5.74) is 1.40. The molecule has 0 saturated carbocycles. The third kappa shape index (κ3) is 3.64. The van der Waals surface area contributed by atoms with Crippen molar-refractivity contribution in [1.82, 2.24) is 20.3 Å². The van der Waals surface area contributed by atoms with Crippen molar-refractivity contribution in [3.8, 4) is 5.69 Å². The van der Waals surface area contributed by atoms with E-state index in [9.17, 15) is 4.79 Å². The van der Waals surface area contributed by atoms with Crippen molar-refractivity contribution in [2.24, 2.45) is 0 Å². The first-order chi connectivity index (χ1) is 12.2. The van der Waals surface area contributed by atoms with Gasteiger partial charge in [-0.1, -0.05) is 5.21 Å². The number of rotatable bonds is 3. The Labute approximate surface area is 145 Å². The molecule has 2 amide bonds. The number of carbonyl (C=O) groups excluding carboxylic acids is 1. The van der Waals surface area contributed by atoms with Gasteiger partial charge in [0.05, 0.1) is 30.3 Å². The van der Waals surface area contributed by atoms with E-state index in [2.05, 4.69) is 20.9 Å². The van der Waals surface area contributed by atoms with Gasteiger partial charge >= 0.3 is 6.03 Å². The van der Waals surface area contributed by atoms with Crippen LogP contribution in [0, 0.1) is 0 Å². The number of hydrogen-bond acceptors (Lipinski definition) is 5. The van der Waals surface area contributed by atoms with Gasteiger partial charge in [-0.25, -0.2) is 9.48 Å². The molecular formula is C17H21N5O3. The van der Waals surface area contributed by atoms with Gasteiger partial charge in [0.1, 0.15) is 0 Å². The second-order valence-corrected chi connectivity index (χ2v) is 6.52. The van der Waals surface area contributed by atoms with Crippen molar-refractivity contribution >= 4 is 11.7 Å². The van der Waals surface area contributed by atoms with E-state index in [0.717, 1.165) is 37.2 Å². The van der Waals surface area contributed by atoms with Gasteiger partial charge in [-0.05, 0) is 37.1 Å². The monoisotopic (exact) mass is 343 g/mol. The Bertz CT molecular complexity index is 710. The second kappa shape index (κ2) is 6.81. The van der Waals surface area contributed by atoms with E-state index in [1.54, 1.807) is 17.1 Å². The first-order valence-corrected chi connectivity index (χ1v) is 8.48. The van der Waals surface area contributed by atoms with Crippen LogP contribution in [0.4, 0.5) is 10.5 Å². The molecule has 2 fully saturated rings. The van der Waals surface area contributed by atoms with Crippen LogP contribution in [0.5, 0.6) is 0 Å². The lowest BCUT2D eigenvalue weighted by Crippen LogP contribution is -2.49. The molecular weight excluding hydrogens is 322 g/mol. The number of benzene rings is 1. The molecule has 2 aliphatic rings. The summed E-state index contributed by atoms with van der Waals surface area (Å²) in [5, 5.41) is 13.6. The average molecular weight is 343 g/mol. The molecule has 3 heterocycles. The molecule has 0 unspecified atom stereocenters. The Balaban J connectivity index is 1.32. The first kappa shape index (κ1) is 16.0. The van der Waals surface area contributed by atoms with Crippen LogP contribution < -0.4 is 10.6 Å². The molecule has 2 saturated heterocycles. The normalized spacial score (nSPS) is 25.8. The van der Waals surface area contributed by atoms with Crippen LogP contribution in [0.15, 0.2) is 36.7 Å². The number of nitrogens with zero attached hydrogens (tertiary/aromatic N) is 3. The number of nitrogens with one attached hydrogen (secondary N) is 2. The van der Waals surface area contributed by atoms with Crippen molar-refractivity contribution in [2.75, 3.05) is 25.1 Å². The van der Waals surface area contributed by atoms with E-state index in [1.807, 2.05) is 24.3 Å². The summed E-state index contributed by atoms with van der Waals surface area (Å²) in [6.07, 6.45) is 5.90. The maximum atomic E-state index is 12.3. The molecule has 2 atom stereocenters. The smallest absolute Gasteiger partial charge is 0.319 e. The molecule has 1 spiro atoms. The summed E-state index contributed by atoms with van der Waals surface area (Å²) >= 11 is 0. The fourth-order valence-electron chi connectivity index (χ4n) is 3.41. The average Bonchev–Trinajstić information content (AvgIpc) is 3.28. The second-order valence-electron chi connectivity index (χ2n) is 6.52. The van der Waals surface area contributed by atoms with Gasteiger partial charge in [-0.15, -0.1) is 5.10 Å². The standard InChI is InChI=1S/C17H21N5O3/c23-16(20-14-5-9-25-17(11-14)6-10-24-12-17)19-13-1-3-15(4-2-13)22-8-7-18-21-22/h1-4,7-8,14H,5-6,9-12H2,(H2,19,20,23)/t14-,17+/m1/s1. The number of urea groups is 1. The zero-order valence-electron chi connectivity index (χ0n) is 13.9. The summed E-state index contributed by atoms with van der Waals surface area (Å²) in [4.78, 5) is 12.3. The van der Waals surface area contributed by atoms with E-state index in [1.165, 1.54) is 0 Å². The quantitative estimate of drug-likeness (QED) is 0.886. The van der Waals surface area contributed by atoms with Gasteiger partial charge in [0.25, 0.3) is 0 Å². The number of carbonyl (C=O) groups is 1. The molecule has 1 aromatic heterocycles. The zero-order valence-corrected chi connectivity index (χ0v) is 13.9. The van der Waals surface area contributed by atoms with Gasteiger partial charge < -0.3 is 20.1 Å². The van der Waals surface area contributed by atoms with Gasteiger partial charge in [0.2, 0.25) is 0 Å². The molecule has 132 valence electrons. The molecule has 4 rings (SSSR count). The Morgan fingerprint density at radius 2 is 2.16 bits per heavy atom. The van der Waals surface area contributed by atoms with Crippen LogP contribution in [-0.2, 0) is 9.47 Å². The number of amides is 2. The number of ether oxygens (including phenoxy) is 2. The lowest BCUT2D eigenvalue weighted by atomic mass is 9.90. The molecule has 2 aromatic rings. The molecule has 0 bridgehead atoms. The van der Waals surface area contributed by atoms with Gasteiger partial charge in [-0.3, -0.25) is 0 Å². The highest BCUT2D eigenvalue weighted by molar-refractivity contribution is 5.89. The van der Waals surface area contributed by atoms with Gasteiger partial charge in [-0.2, -0.15) is 0 Å². The van der Waals surface area contributed by atoms with Crippen molar-refractivity contribution in [2.45, 2.75) is 30.9 Å². The van der Waals surface area contributed by atoms with Crippen LogP contribution in [0.25, 0.3) is 5.69 Å². The Kier molecular flexibility index (Phi) is 4.37. The fourth-order valence-corrected chi connectivity index (χ4v) is 3.41. The molecule has 25 heavy (non-hydrogen) atoms. The topological polar surface area (TPSA) is 90.3 Å². The van der Waals surface area contributed by atoms with Crippen LogP contribution in [-0.4, -0.2) is 52.5 Å². The van der Waals surface area contributed by atoms with E-state index in [0.29, 0.717) is 13.2 Å². The summed E-state index contributed by atoms with van der Waals surface area (Å²) in [7, 11) is 0. The third-order valence-electron chi connectivity index (χ3n) is 4.71. The molecule has 8 nitrogen and oxygen atoms in total. The molecule has 2 N–H and O–H groups in total. The van der Waals surface area contributed by atoms with Crippen molar-refractivity contribution in [3.63, 3.8) is 0 Å². The SMILES string of the molecule is O=C(Nc1ccc(-n2ccnn2)cc1)N[C@@H]1CCO[C@@]2(CCOC2)C1. The van der Waals surface area contributed by atoms with Gasteiger partial charge in [0.15, 0.2) is 0 Å². The highest BCUT2D eigenvalue weighted by atomic mass is 16.6. The van der Waals surface area contributed by atoms with Crippen LogP contribution in [0.1, 0.15) is 19.3 Å². The molecule has 0 aliphatic carbocycles. The molecule has 2 aliphatic heterocycles. The Morgan fingerprint density at radius 1 is 1.28 bits per heavy atom. The molecule has 1 aromatic carbocycles. The minimum absolute atomic E-state index is 0.102. The lowest BCUT2D eigenvalue weighted by Gasteiger charge is -2.37. The van der Waals surface area contributed by atoms with E-state index < -0.39 is 0 Å². The van der Waals surface area contributed by atoms with Crippen molar-refractivity contribution < 1.29 is 14.3 Å². The molecule has 0 radical (unpaired) electrons. The number of aromatic nitrogens is 3. The van der Waals surface area contributed by atoms with Crippen LogP contribution in [0.2, 0.25) is 0 Å². The summed E-state index contributed by atoms with van der Waals surface area (Å²) in [5.74, 6) is 0. The van der Waals surface area contributed by atoms with Gasteiger partial charge in [0, 0.05) is 31.4 Å². The predicted octanol–water partition coefficient (Wildman–Crippen LogP) is 1.73. The van der Waals surface area contributed by atoms with Crippen LogP contribution in [0.3, 0.4) is 0 Å². The maximum absolute atomic E-state index is 12.3. The summed E-state index contributed by atoms with van der Waals surface area (Å²) in [6, 6.07) is 7.34. The third-order valence-corrected chi connectivity index (χ3v) is 4.71. The first-order valence-electron chi connectivity index (χ1n) is 8.48. The highest BCUT2D eigenvalue weighted by Crippen LogP contribution is 2.32. The number of hydrogen-bond donors (Lipinski definition) is 2. The highest BCUT2D eigenvalue weighted by Gasteiger charge is 2.41. The van der Waals surface area contributed by atoms with E-state index in [-0.39, 0.29) is 17.7 Å². The molecule has 8 heteroatoms. The largest absolute Gasteiger partial charge is 0.378 e. The Morgan fingerprint density at radius 3 is 2.88 bits per heavy atom. The van der Waals surface area contributed by atoms with E-state index >= 15 is 0 Å². The fraction of sp³-hybridized carbons (Fsp3) is 0.471. The number of anilines is 1. The van der Waals surface area contributed by atoms with Crippen LogP contribution >= 0.6 is 0 Å².